The average Bonchev–Trinajstić information content (AvgIpc) is 3.14. The number of hydrogen-bond donors (Lipinski definition) is 0. The Labute approximate surface area is 168 Å². The molecule has 4 rings (SSSR count). The van der Waals surface area contributed by atoms with Crippen LogP contribution in [0.25, 0.3) is 22.5 Å². The number of hydrogen-bond acceptors (Lipinski definition) is 3. The SMILES string of the molecule is Bc1ccc(-c2cc(-c3ccn(C)n3)c(N3CCC(C(=C)C)CC3)cn2)cc1. The van der Waals surface area contributed by atoms with E-state index >= 15 is 0 Å². The van der Waals surface area contributed by atoms with Gasteiger partial charge in [0, 0.05) is 37.5 Å². The number of anilines is 1. The highest BCUT2D eigenvalue weighted by molar-refractivity contribution is 6.32. The third-order valence-electron chi connectivity index (χ3n) is 5.75. The predicted octanol–water partition coefficient (Wildman–Crippen LogP) is 3.20. The van der Waals surface area contributed by atoms with Crippen LogP contribution >= 0.6 is 0 Å². The summed E-state index contributed by atoms with van der Waals surface area (Å²) >= 11 is 0. The van der Waals surface area contributed by atoms with E-state index in [0.717, 1.165) is 48.4 Å². The van der Waals surface area contributed by atoms with Crippen molar-refractivity contribution in [2.75, 3.05) is 18.0 Å². The van der Waals surface area contributed by atoms with Crippen molar-refractivity contribution in [1.29, 1.82) is 0 Å². The van der Waals surface area contributed by atoms with Crippen LogP contribution < -0.4 is 10.4 Å². The maximum Gasteiger partial charge on any atom is 0.139 e. The zero-order valence-electron chi connectivity index (χ0n) is 17.0. The topological polar surface area (TPSA) is 34.0 Å². The van der Waals surface area contributed by atoms with E-state index in [-0.39, 0.29) is 0 Å². The second kappa shape index (κ2) is 7.66. The largest absolute Gasteiger partial charge is 0.370 e. The Morgan fingerprint density at radius 1 is 1.11 bits per heavy atom. The molecule has 1 aliphatic rings. The van der Waals surface area contributed by atoms with Crippen LogP contribution in [0.1, 0.15) is 19.8 Å². The van der Waals surface area contributed by atoms with Crippen molar-refractivity contribution < 1.29 is 0 Å². The fourth-order valence-electron chi connectivity index (χ4n) is 3.96. The van der Waals surface area contributed by atoms with Gasteiger partial charge in [-0.2, -0.15) is 5.10 Å². The van der Waals surface area contributed by atoms with Gasteiger partial charge >= 0.3 is 0 Å². The van der Waals surface area contributed by atoms with E-state index in [1.807, 2.05) is 24.1 Å². The van der Waals surface area contributed by atoms with Crippen LogP contribution in [0.5, 0.6) is 0 Å². The molecule has 0 radical (unpaired) electrons. The lowest BCUT2D eigenvalue weighted by Gasteiger charge is -2.34. The Morgan fingerprint density at radius 2 is 1.82 bits per heavy atom. The molecule has 142 valence electrons. The van der Waals surface area contributed by atoms with Gasteiger partial charge in [-0.3, -0.25) is 9.67 Å². The molecule has 3 aromatic rings. The van der Waals surface area contributed by atoms with Gasteiger partial charge < -0.3 is 4.90 Å². The van der Waals surface area contributed by atoms with Crippen LogP contribution in [-0.4, -0.2) is 35.7 Å². The standard InChI is InChI=1S/C23H27BN4/c1-16(2)17-8-12-28(13-9-17)23-15-25-22(18-4-6-19(24)7-5-18)14-20(23)21-10-11-27(3)26-21/h4-7,10-11,14-15,17H,1,8-9,12-13,24H2,2-3H3. The van der Waals surface area contributed by atoms with Gasteiger partial charge in [-0.15, -0.1) is 0 Å². The van der Waals surface area contributed by atoms with E-state index in [1.165, 1.54) is 16.7 Å². The molecule has 1 fully saturated rings. The third-order valence-corrected chi connectivity index (χ3v) is 5.75. The predicted molar refractivity (Wildman–Crippen MR) is 120 cm³/mol. The Hall–Kier alpha value is -2.82. The lowest BCUT2D eigenvalue weighted by molar-refractivity contribution is 0.459. The summed E-state index contributed by atoms with van der Waals surface area (Å²) in [7, 11) is 4.07. The summed E-state index contributed by atoms with van der Waals surface area (Å²) in [4.78, 5) is 7.26. The lowest BCUT2D eigenvalue weighted by atomic mass is 9.90. The first-order valence-corrected chi connectivity index (χ1v) is 9.99. The van der Waals surface area contributed by atoms with Gasteiger partial charge in [0.1, 0.15) is 7.85 Å². The van der Waals surface area contributed by atoms with Gasteiger partial charge in [0.2, 0.25) is 0 Å². The summed E-state index contributed by atoms with van der Waals surface area (Å²) in [5.41, 5.74) is 8.00. The number of rotatable bonds is 4. The molecule has 1 aliphatic heterocycles. The Kier molecular flexibility index (Phi) is 5.08. The second-order valence-electron chi connectivity index (χ2n) is 7.94. The number of benzene rings is 1. The molecule has 1 saturated heterocycles. The summed E-state index contributed by atoms with van der Waals surface area (Å²) in [6.45, 7) is 8.36. The average molecular weight is 370 g/mol. The molecular formula is C23H27BN4. The number of piperidine rings is 1. The molecule has 1 aromatic carbocycles. The Balaban J connectivity index is 1.72. The third kappa shape index (κ3) is 3.75. The van der Waals surface area contributed by atoms with Crippen molar-refractivity contribution in [3.05, 3.63) is 60.9 Å². The number of aromatic nitrogens is 3. The van der Waals surface area contributed by atoms with E-state index in [1.54, 1.807) is 0 Å². The van der Waals surface area contributed by atoms with E-state index in [9.17, 15) is 0 Å². The molecule has 3 heterocycles. The molecule has 0 amide bonds. The Bertz CT molecular complexity index is 982. The first kappa shape index (κ1) is 18.5. The van der Waals surface area contributed by atoms with Crippen molar-refractivity contribution in [3.63, 3.8) is 0 Å². The normalized spacial score (nSPS) is 15.0. The number of aryl methyl sites for hydroxylation is 1. The molecule has 4 nitrogen and oxygen atoms in total. The molecule has 5 heteroatoms. The summed E-state index contributed by atoms with van der Waals surface area (Å²) < 4.78 is 1.86. The molecule has 28 heavy (non-hydrogen) atoms. The molecule has 0 bridgehead atoms. The van der Waals surface area contributed by atoms with E-state index in [0.29, 0.717) is 5.92 Å². The summed E-state index contributed by atoms with van der Waals surface area (Å²) in [6.07, 6.45) is 6.33. The van der Waals surface area contributed by atoms with Crippen molar-refractivity contribution in [3.8, 4) is 22.5 Å². The van der Waals surface area contributed by atoms with Crippen molar-refractivity contribution >= 4 is 19.0 Å². The minimum absolute atomic E-state index is 0.634. The number of allylic oxidation sites excluding steroid dienone is 1. The van der Waals surface area contributed by atoms with Crippen LogP contribution in [0, 0.1) is 5.92 Å². The van der Waals surface area contributed by atoms with Gasteiger partial charge in [-0.1, -0.05) is 41.9 Å². The molecule has 0 N–H and O–H groups in total. The Morgan fingerprint density at radius 3 is 2.43 bits per heavy atom. The van der Waals surface area contributed by atoms with Gasteiger partial charge in [-0.25, -0.2) is 0 Å². The maximum atomic E-state index is 4.81. The van der Waals surface area contributed by atoms with Gasteiger partial charge in [0.15, 0.2) is 0 Å². The highest BCUT2D eigenvalue weighted by Crippen LogP contribution is 2.35. The summed E-state index contributed by atoms with van der Waals surface area (Å²) in [6, 6.07) is 12.8. The minimum Gasteiger partial charge on any atom is -0.370 e. The van der Waals surface area contributed by atoms with Crippen LogP contribution in [0.2, 0.25) is 0 Å². The first-order chi connectivity index (χ1) is 13.5. The molecule has 0 spiro atoms. The smallest absolute Gasteiger partial charge is 0.139 e. The molecule has 0 atom stereocenters. The number of nitrogens with zero attached hydrogens (tertiary/aromatic N) is 4. The maximum absolute atomic E-state index is 4.81. The first-order valence-electron chi connectivity index (χ1n) is 9.99. The quantitative estimate of drug-likeness (QED) is 0.523. The highest BCUT2D eigenvalue weighted by atomic mass is 15.2. The van der Waals surface area contributed by atoms with Crippen molar-refractivity contribution in [2.45, 2.75) is 19.8 Å². The zero-order chi connectivity index (χ0) is 19.7. The van der Waals surface area contributed by atoms with Gasteiger partial charge in [0.05, 0.1) is 23.3 Å². The van der Waals surface area contributed by atoms with Gasteiger partial charge in [-0.05, 0) is 37.8 Å². The minimum atomic E-state index is 0.634. The second-order valence-corrected chi connectivity index (χ2v) is 7.94. The summed E-state index contributed by atoms with van der Waals surface area (Å²) in [5, 5.41) is 4.68. The lowest BCUT2D eigenvalue weighted by Crippen LogP contribution is -2.34. The molecule has 0 saturated carbocycles. The van der Waals surface area contributed by atoms with Crippen LogP contribution in [0.15, 0.2) is 60.9 Å². The van der Waals surface area contributed by atoms with Crippen LogP contribution in [0.3, 0.4) is 0 Å². The molecule has 0 aliphatic carbocycles. The van der Waals surface area contributed by atoms with Crippen LogP contribution in [0.4, 0.5) is 5.69 Å². The van der Waals surface area contributed by atoms with E-state index in [4.69, 9.17) is 4.98 Å². The van der Waals surface area contributed by atoms with Crippen molar-refractivity contribution in [1.82, 2.24) is 14.8 Å². The van der Waals surface area contributed by atoms with Crippen LogP contribution in [-0.2, 0) is 7.05 Å². The van der Waals surface area contributed by atoms with E-state index in [2.05, 4.69) is 67.7 Å². The van der Waals surface area contributed by atoms with E-state index < -0.39 is 0 Å². The highest BCUT2D eigenvalue weighted by Gasteiger charge is 2.23. The molecular weight excluding hydrogens is 343 g/mol. The monoisotopic (exact) mass is 370 g/mol. The van der Waals surface area contributed by atoms with Gasteiger partial charge in [0.25, 0.3) is 0 Å². The summed E-state index contributed by atoms with van der Waals surface area (Å²) in [5.74, 6) is 0.634. The number of pyridine rings is 1. The molecule has 2 aromatic heterocycles. The van der Waals surface area contributed by atoms with Crippen molar-refractivity contribution in [2.24, 2.45) is 13.0 Å². The fraction of sp³-hybridized carbons (Fsp3) is 0.304. The zero-order valence-corrected chi connectivity index (χ0v) is 17.0. The molecule has 0 unspecified atom stereocenters. The fourth-order valence-corrected chi connectivity index (χ4v) is 3.96.